The number of aromatic nitrogens is 3. The van der Waals surface area contributed by atoms with Gasteiger partial charge in [0.1, 0.15) is 5.65 Å². The average Bonchev–Trinajstić information content (AvgIpc) is 3.20. The van der Waals surface area contributed by atoms with Gasteiger partial charge in [-0.2, -0.15) is 0 Å². The molecule has 0 bridgehead atoms. The summed E-state index contributed by atoms with van der Waals surface area (Å²) in [6, 6.07) is 12.7. The molecule has 0 aliphatic carbocycles. The number of rotatable bonds is 4. The van der Waals surface area contributed by atoms with Gasteiger partial charge >= 0.3 is 0 Å². The normalized spacial score (nSPS) is 11.4. The third-order valence-corrected chi connectivity index (χ3v) is 5.85. The van der Waals surface area contributed by atoms with Crippen molar-refractivity contribution in [3.63, 3.8) is 0 Å². The lowest BCUT2D eigenvalue weighted by atomic mass is 10.2. The van der Waals surface area contributed by atoms with Gasteiger partial charge in [0, 0.05) is 36.0 Å². The van der Waals surface area contributed by atoms with E-state index in [2.05, 4.69) is 9.97 Å². The molecule has 0 atom stereocenters. The monoisotopic (exact) mass is 449 g/mol. The average molecular weight is 450 g/mol. The third kappa shape index (κ3) is 3.87. The number of nitrogens with zero attached hydrogens (tertiary/aromatic N) is 3. The fourth-order valence-corrected chi connectivity index (χ4v) is 4.07. The first-order chi connectivity index (χ1) is 12.0. The predicted octanol–water partition coefficient (Wildman–Crippen LogP) is 4.03. The van der Waals surface area contributed by atoms with E-state index in [1.165, 1.54) is 6.26 Å². The first kappa shape index (κ1) is 18.8. The minimum absolute atomic E-state index is 0. The van der Waals surface area contributed by atoms with Gasteiger partial charge < -0.3 is 4.40 Å². The van der Waals surface area contributed by atoms with Crippen LogP contribution in [0.5, 0.6) is 0 Å². The summed E-state index contributed by atoms with van der Waals surface area (Å²) in [5.74, 6) is 0. The van der Waals surface area contributed by atoms with E-state index in [4.69, 9.17) is 0 Å². The number of fused-ring (bicyclic) bond motifs is 1. The van der Waals surface area contributed by atoms with Crippen LogP contribution in [0.3, 0.4) is 0 Å². The highest BCUT2D eigenvalue weighted by atomic mass is 79.9. The van der Waals surface area contributed by atoms with Gasteiger partial charge in [-0.05, 0) is 24.3 Å². The fraction of sp³-hybridized carbons (Fsp3) is 0.111. The molecule has 4 rings (SSSR count). The number of pyridine rings is 1. The van der Waals surface area contributed by atoms with Crippen molar-refractivity contribution in [1.29, 1.82) is 0 Å². The van der Waals surface area contributed by atoms with Crippen molar-refractivity contribution < 1.29 is 8.42 Å². The van der Waals surface area contributed by atoms with Gasteiger partial charge in [0.25, 0.3) is 0 Å². The van der Waals surface area contributed by atoms with Crippen molar-refractivity contribution in [2.45, 2.75) is 11.3 Å². The summed E-state index contributed by atoms with van der Waals surface area (Å²) in [4.78, 5) is 9.57. The van der Waals surface area contributed by atoms with Crippen LogP contribution in [-0.2, 0) is 16.3 Å². The van der Waals surface area contributed by atoms with Gasteiger partial charge in [-0.25, -0.2) is 18.4 Å². The number of hydrogen-bond donors (Lipinski definition) is 0. The molecular weight excluding hydrogens is 434 g/mol. The summed E-state index contributed by atoms with van der Waals surface area (Å²) < 4.78 is 25.1. The van der Waals surface area contributed by atoms with E-state index in [9.17, 15) is 8.42 Å². The van der Waals surface area contributed by atoms with Crippen molar-refractivity contribution in [2.75, 3.05) is 6.26 Å². The molecule has 0 amide bonds. The number of imidazole rings is 1. The Morgan fingerprint density at radius 2 is 1.85 bits per heavy atom. The van der Waals surface area contributed by atoms with Crippen LogP contribution in [0.2, 0.25) is 0 Å². The van der Waals surface area contributed by atoms with Crippen LogP contribution in [0, 0.1) is 0 Å². The van der Waals surface area contributed by atoms with Crippen LogP contribution in [0.4, 0.5) is 0 Å². The molecule has 1 aromatic carbocycles. The molecule has 3 heterocycles. The molecule has 0 saturated heterocycles. The maximum atomic E-state index is 11.5. The molecule has 5 nitrogen and oxygen atoms in total. The van der Waals surface area contributed by atoms with Gasteiger partial charge in [-0.15, -0.1) is 28.3 Å². The lowest BCUT2D eigenvalue weighted by Crippen LogP contribution is -1.96. The Morgan fingerprint density at radius 3 is 2.54 bits per heavy atom. The maximum Gasteiger partial charge on any atom is 0.175 e. The van der Waals surface area contributed by atoms with Crippen LogP contribution in [0.25, 0.3) is 16.9 Å². The summed E-state index contributed by atoms with van der Waals surface area (Å²) in [7, 11) is -3.18. The molecule has 0 aliphatic rings. The van der Waals surface area contributed by atoms with Gasteiger partial charge in [0.15, 0.2) is 9.84 Å². The lowest BCUT2D eigenvalue weighted by Gasteiger charge is -2.00. The standard InChI is InChI=1S/C18H15N3O2S2.BrH/c1-25(22,23)15-7-5-13(6-8-15)16-12-24-18(20-16)10-14-11-21-9-3-2-4-17(21)19-14;/h2-9,11-12H,10H2,1H3;1H. The molecule has 8 heteroatoms. The quantitative estimate of drug-likeness (QED) is 0.471. The molecule has 0 N–H and O–H groups in total. The predicted molar refractivity (Wildman–Crippen MR) is 109 cm³/mol. The van der Waals surface area contributed by atoms with Crippen molar-refractivity contribution >= 4 is 43.8 Å². The Morgan fingerprint density at radius 1 is 1.08 bits per heavy atom. The van der Waals surface area contributed by atoms with E-state index in [0.29, 0.717) is 11.3 Å². The Balaban J connectivity index is 0.00000196. The lowest BCUT2D eigenvalue weighted by molar-refractivity contribution is 0.602. The summed E-state index contributed by atoms with van der Waals surface area (Å²) in [6.07, 6.45) is 5.87. The van der Waals surface area contributed by atoms with Crippen LogP contribution in [0.15, 0.2) is 65.1 Å². The molecule has 0 fully saturated rings. The first-order valence-electron chi connectivity index (χ1n) is 7.66. The smallest absolute Gasteiger partial charge is 0.175 e. The van der Waals surface area contributed by atoms with Crippen LogP contribution >= 0.6 is 28.3 Å². The largest absolute Gasteiger partial charge is 0.307 e. The zero-order valence-electron chi connectivity index (χ0n) is 13.9. The van der Waals surface area contributed by atoms with Gasteiger partial charge in [0.05, 0.1) is 21.3 Å². The van der Waals surface area contributed by atoms with Crippen molar-refractivity contribution in [3.05, 3.63) is 70.9 Å². The first-order valence-corrected chi connectivity index (χ1v) is 10.4. The molecule has 134 valence electrons. The molecular formula is C18H16BrN3O2S2. The number of thiazole rings is 1. The Labute approximate surface area is 166 Å². The van der Waals surface area contributed by atoms with Gasteiger partial charge in [-0.3, -0.25) is 0 Å². The molecule has 0 spiro atoms. The molecule has 4 aromatic rings. The van der Waals surface area contributed by atoms with Crippen molar-refractivity contribution in [2.24, 2.45) is 0 Å². The second-order valence-corrected chi connectivity index (χ2v) is 8.76. The third-order valence-electron chi connectivity index (χ3n) is 3.88. The maximum absolute atomic E-state index is 11.5. The van der Waals surface area contributed by atoms with E-state index >= 15 is 0 Å². The van der Waals surface area contributed by atoms with Crippen LogP contribution in [-0.4, -0.2) is 29.0 Å². The molecule has 0 radical (unpaired) electrons. The number of sulfone groups is 1. The van der Waals surface area contributed by atoms with Crippen LogP contribution in [0.1, 0.15) is 10.7 Å². The summed E-state index contributed by atoms with van der Waals surface area (Å²) in [6.45, 7) is 0. The zero-order valence-corrected chi connectivity index (χ0v) is 17.2. The van der Waals surface area contributed by atoms with Crippen molar-refractivity contribution in [3.8, 4) is 11.3 Å². The van der Waals surface area contributed by atoms with Crippen LogP contribution < -0.4 is 0 Å². The van der Waals surface area contributed by atoms with Crippen molar-refractivity contribution in [1.82, 2.24) is 14.4 Å². The molecule has 26 heavy (non-hydrogen) atoms. The summed E-state index contributed by atoms with van der Waals surface area (Å²) in [5, 5.41) is 2.96. The SMILES string of the molecule is Br.CS(=O)(=O)c1ccc(-c2csc(Cc3cn4ccccc4n3)n2)cc1. The van der Waals surface area contributed by atoms with Gasteiger partial charge in [0.2, 0.25) is 0 Å². The molecule has 0 saturated carbocycles. The minimum Gasteiger partial charge on any atom is -0.307 e. The highest BCUT2D eigenvalue weighted by molar-refractivity contribution is 8.93. The van der Waals surface area contributed by atoms with Gasteiger partial charge in [-0.1, -0.05) is 18.2 Å². The second-order valence-electron chi connectivity index (χ2n) is 5.80. The Bertz CT molecular complexity index is 1120. The molecule has 0 unspecified atom stereocenters. The summed E-state index contributed by atoms with van der Waals surface area (Å²) >= 11 is 1.58. The second kappa shape index (κ2) is 7.30. The fourth-order valence-electron chi connectivity index (χ4n) is 2.62. The summed E-state index contributed by atoms with van der Waals surface area (Å²) in [5.41, 5.74) is 3.65. The Kier molecular flexibility index (Phi) is 5.27. The van der Waals surface area contributed by atoms with E-state index in [1.54, 1.807) is 35.6 Å². The highest BCUT2D eigenvalue weighted by Gasteiger charge is 2.10. The zero-order chi connectivity index (χ0) is 17.4. The minimum atomic E-state index is -3.18. The van der Waals surface area contributed by atoms with E-state index in [1.807, 2.05) is 40.4 Å². The number of halogens is 1. The number of hydrogen-bond acceptors (Lipinski definition) is 5. The Hall–Kier alpha value is -2.03. The molecule has 3 aromatic heterocycles. The van der Waals surface area contributed by atoms with E-state index in [-0.39, 0.29) is 17.0 Å². The topological polar surface area (TPSA) is 64.3 Å². The highest BCUT2D eigenvalue weighted by Crippen LogP contribution is 2.24. The number of benzene rings is 1. The van der Waals surface area contributed by atoms with E-state index in [0.717, 1.165) is 27.6 Å². The van der Waals surface area contributed by atoms with E-state index < -0.39 is 9.84 Å². The molecule has 0 aliphatic heterocycles.